The van der Waals surface area contributed by atoms with Gasteiger partial charge in [-0.05, 0) is 19.1 Å². The van der Waals surface area contributed by atoms with Crippen molar-refractivity contribution in [1.82, 2.24) is 10.7 Å². The molecule has 0 aromatic heterocycles. The summed E-state index contributed by atoms with van der Waals surface area (Å²) < 4.78 is 0. The summed E-state index contributed by atoms with van der Waals surface area (Å²) in [6.07, 6.45) is 0. The average molecular weight is 262 g/mol. The first-order chi connectivity index (χ1) is 9.10. The topological polar surface area (TPSA) is 103 Å². The first-order valence-corrected chi connectivity index (χ1v) is 5.75. The first kappa shape index (κ1) is 13.0. The predicted molar refractivity (Wildman–Crippen MR) is 69.8 cm³/mol. The van der Waals surface area contributed by atoms with Crippen LogP contribution in [0, 0.1) is 0 Å². The van der Waals surface area contributed by atoms with Gasteiger partial charge in [0.15, 0.2) is 0 Å². The number of aliphatic hydroxyl groups is 1. The highest BCUT2D eigenvalue weighted by molar-refractivity contribution is 6.07. The molecule has 100 valence electrons. The quantitative estimate of drug-likeness (QED) is 0.617. The van der Waals surface area contributed by atoms with Crippen LogP contribution in [-0.4, -0.2) is 35.4 Å². The second kappa shape index (κ2) is 5.49. The lowest BCUT2D eigenvalue weighted by molar-refractivity contribution is -0.118. The van der Waals surface area contributed by atoms with Gasteiger partial charge in [0.25, 0.3) is 0 Å². The van der Waals surface area contributed by atoms with Gasteiger partial charge < -0.3 is 15.7 Å². The van der Waals surface area contributed by atoms with Crippen LogP contribution >= 0.6 is 0 Å². The molecule has 1 heterocycles. The molecule has 7 nitrogen and oxygen atoms in total. The van der Waals surface area contributed by atoms with Crippen molar-refractivity contribution in [2.24, 2.45) is 5.10 Å². The van der Waals surface area contributed by atoms with Gasteiger partial charge in [0.1, 0.15) is 6.61 Å². The molecule has 0 fully saturated rings. The van der Waals surface area contributed by atoms with Crippen LogP contribution in [0.5, 0.6) is 0 Å². The lowest BCUT2D eigenvalue weighted by atomic mass is 10.0. The maximum absolute atomic E-state index is 11.1. The van der Waals surface area contributed by atoms with E-state index in [9.17, 15) is 9.59 Å². The lowest BCUT2D eigenvalue weighted by Gasteiger charge is -2.21. The van der Waals surface area contributed by atoms with E-state index in [0.29, 0.717) is 11.4 Å². The highest BCUT2D eigenvalue weighted by Gasteiger charge is 2.20. The number of hydrazone groups is 1. The zero-order valence-corrected chi connectivity index (χ0v) is 10.3. The number of nitrogens with zero attached hydrogens (tertiary/aromatic N) is 1. The van der Waals surface area contributed by atoms with Gasteiger partial charge in [-0.25, -0.2) is 10.2 Å². The molecule has 19 heavy (non-hydrogen) atoms. The molecule has 1 unspecified atom stereocenters. The first-order valence-electron chi connectivity index (χ1n) is 5.75. The number of anilines is 1. The van der Waals surface area contributed by atoms with Gasteiger partial charge >= 0.3 is 6.03 Å². The Morgan fingerprint density at radius 2 is 2.11 bits per heavy atom. The van der Waals surface area contributed by atoms with Crippen LogP contribution in [0.3, 0.4) is 0 Å². The number of amides is 3. The number of benzene rings is 1. The molecule has 0 spiro atoms. The van der Waals surface area contributed by atoms with Gasteiger partial charge in [0.2, 0.25) is 5.91 Å². The number of carbonyl (C=O) groups excluding carboxylic acids is 2. The molecule has 0 aliphatic carbocycles. The second-order valence-corrected chi connectivity index (χ2v) is 4.09. The van der Waals surface area contributed by atoms with Crippen LogP contribution < -0.4 is 16.1 Å². The minimum Gasteiger partial charge on any atom is -0.387 e. The zero-order valence-electron chi connectivity index (χ0n) is 10.3. The Hall–Kier alpha value is -2.41. The molecule has 0 saturated carbocycles. The van der Waals surface area contributed by atoms with Crippen molar-refractivity contribution >= 4 is 23.3 Å². The third-order valence-corrected chi connectivity index (χ3v) is 2.64. The number of carbonyl (C=O) groups is 2. The monoisotopic (exact) mass is 262 g/mol. The molecule has 1 aromatic carbocycles. The maximum Gasteiger partial charge on any atom is 0.335 e. The molecule has 7 heteroatoms. The Bertz CT molecular complexity index is 524. The van der Waals surface area contributed by atoms with Gasteiger partial charge in [-0.15, -0.1) is 0 Å². The summed E-state index contributed by atoms with van der Waals surface area (Å²) in [7, 11) is 0. The minimum atomic E-state index is -0.554. The molecule has 0 radical (unpaired) electrons. The molecule has 1 atom stereocenters. The summed E-state index contributed by atoms with van der Waals surface area (Å²) in [5.41, 5.74) is 4.48. The average Bonchev–Trinajstić information content (AvgIpc) is 2.40. The number of urea groups is 1. The summed E-state index contributed by atoms with van der Waals surface area (Å²) in [6.45, 7) is 1.28. The smallest absolute Gasteiger partial charge is 0.335 e. The molecule has 1 aliphatic heterocycles. The Kier molecular flexibility index (Phi) is 3.76. The fourth-order valence-corrected chi connectivity index (χ4v) is 1.74. The lowest BCUT2D eigenvalue weighted by Crippen LogP contribution is -2.48. The van der Waals surface area contributed by atoms with Gasteiger partial charge in [-0.2, -0.15) is 5.10 Å². The zero-order chi connectivity index (χ0) is 13.8. The van der Waals surface area contributed by atoms with Gasteiger partial charge in [0, 0.05) is 11.3 Å². The molecule has 3 amide bonds. The molecule has 2 rings (SSSR count). The van der Waals surface area contributed by atoms with Crippen molar-refractivity contribution in [2.75, 3.05) is 11.9 Å². The van der Waals surface area contributed by atoms with Crippen molar-refractivity contribution in [2.45, 2.75) is 13.0 Å². The Balaban J connectivity index is 2.14. The Labute approximate surface area is 109 Å². The summed E-state index contributed by atoms with van der Waals surface area (Å²) in [5.74, 6) is -0.468. The van der Waals surface area contributed by atoms with Crippen molar-refractivity contribution in [3.63, 3.8) is 0 Å². The number of rotatable bonds is 3. The van der Waals surface area contributed by atoms with E-state index < -0.39 is 12.5 Å². The molecule has 0 saturated heterocycles. The van der Waals surface area contributed by atoms with Crippen LogP contribution in [0.1, 0.15) is 12.5 Å². The summed E-state index contributed by atoms with van der Waals surface area (Å²) in [4.78, 5) is 22.1. The Morgan fingerprint density at radius 1 is 1.42 bits per heavy atom. The predicted octanol–water partition coefficient (Wildman–Crippen LogP) is 0.0228. The van der Waals surface area contributed by atoms with E-state index in [1.165, 1.54) is 0 Å². The van der Waals surface area contributed by atoms with Gasteiger partial charge in [-0.3, -0.25) is 4.79 Å². The number of hydrogen-bond donors (Lipinski definition) is 4. The Morgan fingerprint density at radius 3 is 2.68 bits per heavy atom. The van der Waals surface area contributed by atoms with E-state index in [4.69, 9.17) is 5.11 Å². The summed E-state index contributed by atoms with van der Waals surface area (Å²) in [6, 6.07) is 6.45. The van der Waals surface area contributed by atoms with Crippen molar-refractivity contribution in [3.8, 4) is 0 Å². The highest BCUT2D eigenvalue weighted by atomic mass is 16.3. The fraction of sp³-hybridized carbons (Fsp3) is 0.250. The molecule has 4 N–H and O–H groups in total. The summed E-state index contributed by atoms with van der Waals surface area (Å²) in [5, 5.41) is 17.9. The number of nitrogens with one attached hydrogen (secondary N) is 3. The molecule has 1 aromatic rings. The highest BCUT2D eigenvalue weighted by Crippen LogP contribution is 2.12. The minimum absolute atomic E-state index is 0.188. The fourth-order valence-electron chi connectivity index (χ4n) is 1.74. The van der Waals surface area contributed by atoms with Gasteiger partial charge in [0.05, 0.1) is 11.8 Å². The third-order valence-electron chi connectivity index (χ3n) is 2.64. The number of hydrogen-bond acceptors (Lipinski definition) is 4. The van der Waals surface area contributed by atoms with E-state index in [2.05, 4.69) is 21.2 Å². The van der Waals surface area contributed by atoms with E-state index in [1.54, 1.807) is 24.3 Å². The standard InChI is InChI=1S/C12H14N4O3/c1-7-11(15-16-12(19)13-7)8-2-4-9(5-3-8)14-10(18)6-17/h2-5,7,17H,6H2,1H3,(H,14,18)(H2,13,16,19). The van der Waals surface area contributed by atoms with Crippen LogP contribution in [0.25, 0.3) is 0 Å². The second-order valence-electron chi connectivity index (χ2n) is 4.09. The molecule has 1 aliphatic rings. The van der Waals surface area contributed by atoms with Crippen LogP contribution in [-0.2, 0) is 4.79 Å². The molecular weight excluding hydrogens is 248 g/mol. The van der Waals surface area contributed by atoms with E-state index in [-0.39, 0.29) is 12.1 Å². The van der Waals surface area contributed by atoms with Crippen LogP contribution in [0.2, 0.25) is 0 Å². The summed E-state index contributed by atoms with van der Waals surface area (Å²) >= 11 is 0. The van der Waals surface area contributed by atoms with E-state index >= 15 is 0 Å². The van der Waals surface area contributed by atoms with Crippen molar-refractivity contribution < 1.29 is 14.7 Å². The normalized spacial score (nSPS) is 18.1. The largest absolute Gasteiger partial charge is 0.387 e. The molecule has 0 bridgehead atoms. The third kappa shape index (κ3) is 3.08. The number of aliphatic hydroxyl groups excluding tert-OH is 1. The van der Waals surface area contributed by atoms with Crippen LogP contribution in [0.15, 0.2) is 29.4 Å². The van der Waals surface area contributed by atoms with Crippen LogP contribution in [0.4, 0.5) is 10.5 Å². The van der Waals surface area contributed by atoms with Crippen molar-refractivity contribution in [1.29, 1.82) is 0 Å². The van der Waals surface area contributed by atoms with Gasteiger partial charge in [-0.1, -0.05) is 12.1 Å². The molecular formula is C12H14N4O3. The van der Waals surface area contributed by atoms with E-state index in [0.717, 1.165) is 5.56 Å². The van der Waals surface area contributed by atoms with E-state index in [1.807, 2.05) is 6.92 Å². The maximum atomic E-state index is 11.1. The van der Waals surface area contributed by atoms with Crippen molar-refractivity contribution in [3.05, 3.63) is 29.8 Å². The SMILES string of the molecule is CC1NC(=O)NN=C1c1ccc(NC(=O)CO)cc1.